The van der Waals surface area contributed by atoms with Gasteiger partial charge in [-0.1, -0.05) is 53.5 Å². The number of halogens is 2. The van der Waals surface area contributed by atoms with Gasteiger partial charge in [0.05, 0.1) is 16.1 Å². The van der Waals surface area contributed by atoms with Crippen LogP contribution >= 0.6 is 23.2 Å². The number of benzene rings is 3. The highest BCUT2D eigenvalue weighted by Gasteiger charge is 2.10. The van der Waals surface area contributed by atoms with E-state index in [9.17, 15) is 4.79 Å². The molecule has 1 aromatic heterocycles. The van der Waals surface area contributed by atoms with Crippen LogP contribution in [0, 0.1) is 0 Å². The third-order valence-corrected chi connectivity index (χ3v) is 4.75. The van der Waals surface area contributed by atoms with Gasteiger partial charge in [0, 0.05) is 30.2 Å². The molecule has 0 aliphatic carbocycles. The lowest BCUT2D eigenvalue weighted by molar-refractivity contribution is 0.0697. The van der Waals surface area contributed by atoms with E-state index in [4.69, 9.17) is 28.3 Å². The van der Waals surface area contributed by atoms with E-state index in [2.05, 4.69) is 15.3 Å². The van der Waals surface area contributed by atoms with Gasteiger partial charge in [0.25, 0.3) is 0 Å². The third kappa shape index (κ3) is 5.84. The normalized spacial score (nSPS) is 10.2. The first-order valence-electron chi connectivity index (χ1n) is 9.29. The second-order valence-corrected chi connectivity index (χ2v) is 7.55. The fourth-order valence-corrected chi connectivity index (χ4v) is 3.07. The topological polar surface area (TPSA) is 78.4 Å². The number of nitrogens with zero attached hydrogens (tertiary/aromatic N) is 3. The molecule has 158 valence electrons. The summed E-state index contributed by atoms with van der Waals surface area (Å²) in [5, 5.41) is 13.7. The SMILES string of the molecule is CN(C)c1nc(Nc2ccccc2)c2cc(Cl)ccc2n1.O=C(O)c1ccccc1Cl. The van der Waals surface area contributed by atoms with Crippen LogP contribution < -0.4 is 10.2 Å². The minimum Gasteiger partial charge on any atom is -0.478 e. The first kappa shape index (κ1) is 22.3. The lowest BCUT2D eigenvalue weighted by atomic mass is 10.2. The van der Waals surface area contributed by atoms with Crippen LogP contribution in [0.2, 0.25) is 10.0 Å². The van der Waals surface area contributed by atoms with Gasteiger partial charge in [0.2, 0.25) is 5.95 Å². The molecule has 8 heteroatoms. The molecule has 3 aromatic carbocycles. The summed E-state index contributed by atoms with van der Waals surface area (Å²) in [6.07, 6.45) is 0. The van der Waals surface area contributed by atoms with E-state index in [0.717, 1.165) is 22.4 Å². The predicted molar refractivity (Wildman–Crippen MR) is 127 cm³/mol. The summed E-state index contributed by atoms with van der Waals surface area (Å²) in [6, 6.07) is 21.9. The lowest BCUT2D eigenvalue weighted by Crippen LogP contribution is -2.13. The molecule has 0 fully saturated rings. The molecule has 0 radical (unpaired) electrons. The lowest BCUT2D eigenvalue weighted by Gasteiger charge is -2.15. The van der Waals surface area contributed by atoms with Crippen LogP contribution in [0.5, 0.6) is 0 Å². The van der Waals surface area contributed by atoms with Crippen molar-refractivity contribution in [1.82, 2.24) is 9.97 Å². The maximum atomic E-state index is 10.3. The molecule has 31 heavy (non-hydrogen) atoms. The zero-order chi connectivity index (χ0) is 22.4. The number of anilines is 3. The first-order chi connectivity index (χ1) is 14.8. The number of carboxylic acids is 1. The fraction of sp³-hybridized carbons (Fsp3) is 0.0870. The van der Waals surface area contributed by atoms with Crippen molar-refractivity contribution in [2.24, 2.45) is 0 Å². The van der Waals surface area contributed by atoms with Gasteiger partial charge in [-0.15, -0.1) is 0 Å². The second-order valence-electron chi connectivity index (χ2n) is 6.70. The molecule has 4 aromatic rings. The van der Waals surface area contributed by atoms with E-state index in [1.165, 1.54) is 6.07 Å². The van der Waals surface area contributed by atoms with Crippen LogP contribution in [0.1, 0.15) is 10.4 Å². The van der Waals surface area contributed by atoms with Crippen LogP contribution in [0.15, 0.2) is 72.8 Å². The molecule has 0 saturated heterocycles. The Morgan fingerprint density at radius 2 is 1.61 bits per heavy atom. The molecule has 0 aliphatic rings. The van der Waals surface area contributed by atoms with E-state index in [-0.39, 0.29) is 10.6 Å². The molecule has 6 nitrogen and oxygen atoms in total. The van der Waals surface area contributed by atoms with Crippen molar-refractivity contribution >= 4 is 57.5 Å². The Morgan fingerprint density at radius 3 is 2.23 bits per heavy atom. The summed E-state index contributed by atoms with van der Waals surface area (Å²) in [5.41, 5.74) is 1.97. The number of para-hydroxylation sites is 1. The summed E-state index contributed by atoms with van der Waals surface area (Å²) < 4.78 is 0. The summed E-state index contributed by atoms with van der Waals surface area (Å²) in [5.74, 6) is 0.409. The largest absolute Gasteiger partial charge is 0.478 e. The molecule has 2 N–H and O–H groups in total. The summed E-state index contributed by atoms with van der Waals surface area (Å²) in [6.45, 7) is 0. The molecular weight excluding hydrogens is 435 g/mol. The molecule has 0 aliphatic heterocycles. The van der Waals surface area contributed by atoms with Gasteiger partial charge >= 0.3 is 5.97 Å². The Balaban J connectivity index is 0.000000229. The van der Waals surface area contributed by atoms with Crippen molar-refractivity contribution in [2.75, 3.05) is 24.3 Å². The van der Waals surface area contributed by atoms with Crippen molar-refractivity contribution in [1.29, 1.82) is 0 Å². The second kappa shape index (κ2) is 10.1. The van der Waals surface area contributed by atoms with E-state index >= 15 is 0 Å². The molecule has 0 atom stereocenters. The van der Waals surface area contributed by atoms with E-state index in [0.29, 0.717) is 11.0 Å². The van der Waals surface area contributed by atoms with Gasteiger partial charge in [-0.2, -0.15) is 4.98 Å². The number of aromatic nitrogens is 2. The molecule has 0 amide bonds. The molecule has 0 saturated carbocycles. The van der Waals surface area contributed by atoms with Crippen LogP contribution in [0.25, 0.3) is 10.9 Å². The van der Waals surface area contributed by atoms with Gasteiger partial charge in [-0.25, -0.2) is 9.78 Å². The first-order valence-corrected chi connectivity index (χ1v) is 10.1. The number of carbonyl (C=O) groups is 1. The standard InChI is InChI=1S/C16H15ClN4.C7H5ClO2/c1-21(2)16-19-14-9-8-11(17)10-13(14)15(20-16)18-12-6-4-3-5-7-12;8-6-4-2-1-3-5(6)7(9)10/h3-10H,1-2H3,(H,18,19,20);1-4H,(H,9,10). The number of aromatic carboxylic acids is 1. The van der Waals surface area contributed by atoms with Gasteiger partial charge in [-0.3, -0.25) is 0 Å². The maximum Gasteiger partial charge on any atom is 0.337 e. The van der Waals surface area contributed by atoms with Crippen LogP contribution in [0.4, 0.5) is 17.5 Å². The van der Waals surface area contributed by atoms with Gasteiger partial charge in [-0.05, 0) is 42.5 Å². The highest BCUT2D eigenvalue weighted by Crippen LogP contribution is 2.28. The summed E-state index contributed by atoms with van der Waals surface area (Å²) >= 11 is 11.6. The number of nitrogens with one attached hydrogen (secondary N) is 1. The molecular formula is C23H20Cl2N4O2. The third-order valence-electron chi connectivity index (χ3n) is 4.19. The Hall–Kier alpha value is -3.35. The van der Waals surface area contributed by atoms with Crippen molar-refractivity contribution < 1.29 is 9.90 Å². The molecule has 0 unspecified atom stereocenters. The maximum absolute atomic E-state index is 10.3. The average Bonchev–Trinajstić information content (AvgIpc) is 2.75. The van der Waals surface area contributed by atoms with Crippen molar-refractivity contribution in [3.63, 3.8) is 0 Å². The zero-order valence-electron chi connectivity index (χ0n) is 16.9. The predicted octanol–water partition coefficient (Wildman–Crippen LogP) is 6.13. The van der Waals surface area contributed by atoms with Crippen molar-refractivity contribution in [3.8, 4) is 0 Å². The van der Waals surface area contributed by atoms with E-state index < -0.39 is 5.97 Å². The number of fused-ring (bicyclic) bond motifs is 1. The monoisotopic (exact) mass is 454 g/mol. The minimum atomic E-state index is -0.995. The summed E-state index contributed by atoms with van der Waals surface area (Å²) in [4.78, 5) is 21.3. The van der Waals surface area contributed by atoms with Gasteiger partial charge in [0.15, 0.2) is 0 Å². The van der Waals surface area contributed by atoms with Crippen LogP contribution in [0.3, 0.4) is 0 Å². The van der Waals surface area contributed by atoms with E-state index in [1.807, 2.05) is 67.5 Å². The smallest absolute Gasteiger partial charge is 0.337 e. The molecule has 0 spiro atoms. The van der Waals surface area contributed by atoms with Gasteiger partial charge < -0.3 is 15.3 Å². The highest BCUT2D eigenvalue weighted by molar-refractivity contribution is 6.33. The minimum absolute atomic E-state index is 0.143. The quantitative estimate of drug-likeness (QED) is 0.386. The van der Waals surface area contributed by atoms with Gasteiger partial charge in [0.1, 0.15) is 5.82 Å². The fourth-order valence-electron chi connectivity index (χ4n) is 2.68. The van der Waals surface area contributed by atoms with E-state index in [1.54, 1.807) is 18.2 Å². The molecule has 0 bridgehead atoms. The number of hydrogen-bond acceptors (Lipinski definition) is 5. The number of hydrogen-bond donors (Lipinski definition) is 2. The van der Waals surface area contributed by atoms with Crippen molar-refractivity contribution in [2.45, 2.75) is 0 Å². The Bertz CT molecular complexity index is 1200. The number of rotatable bonds is 4. The Kier molecular flexibility index (Phi) is 7.28. The number of carboxylic acid groups (broad SMARTS) is 1. The Labute approximate surface area is 190 Å². The highest BCUT2D eigenvalue weighted by atomic mass is 35.5. The Morgan fingerprint density at radius 1 is 0.935 bits per heavy atom. The zero-order valence-corrected chi connectivity index (χ0v) is 18.4. The summed E-state index contributed by atoms with van der Waals surface area (Å²) in [7, 11) is 3.84. The van der Waals surface area contributed by atoms with Crippen molar-refractivity contribution in [3.05, 3.63) is 88.4 Å². The molecule has 1 heterocycles. The molecule has 4 rings (SSSR count). The average molecular weight is 455 g/mol. The van der Waals surface area contributed by atoms with Crippen LogP contribution in [-0.2, 0) is 0 Å². The van der Waals surface area contributed by atoms with Crippen LogP contribution in [-0.4, -0.2) is 35.1 Å².